The standard InChI is InChI=1S/C31H18IN/c32-33-29-16-8-4-12-22(29)24-17-23-21-11-3-7-15-27(21)31(28(23)18-30(24)33)25-13-5-1-9-19(25)20-10-2-6-14-26(20)31/h1-18H. The maximum atomic E-state index is 2.47. The Kier molecular flexibility index (Phi) is 3.37. The van der Waals surface area contributed by atoms with Gasteiger partial charge in [0.05, 0.1) is 39.3 Å². The average molecular weight is 531 g/mol. The van der Waals surface area contributed by atoms with Gasteiger partial charge in [-0.3, -0.25) is 2.78 Å². The van der Waals surface area contributed by atoms with Crippen LogP contribution in [0.1, 0.15) is 22.3 Å². The highest BCUT2D eigenvalue weighted by Gasteiger charge is 2.51. The fourth-order valence-corrected chi connectivity index (χ4v) is 7.33. The van der Waals surface area contributed by atoms with Crippen LogP contribution in [0.25, 0.3) is 44.1 Å². The minimum absolute atomic E-state index is 0.277. The van der Waals surface area contributed by atoms with E-state index in [0.29, 0.717) is 0 Å². The smallest absolute Gasteiger partial charge is 0.0726 e. The second kappa shape index (κ2) is 6.15. The number of benzene rings is 5. The highest BCUT2D eigenvalue weighted by atomic mass is 127. The summed E-state index contributed by atoms with van der Waals surface area (Å²) in [5.74, 6) is 0. The zero-order chi connectivity index (χ0) is 21.7. The number of rotatable bonds is 0. The van der Waals surface area contributed by atoms with E-state index in [-0.39, 0.29) is 5.41 Å². The van der Waals surface area contributed by atoms with E-state index in [0.717, 1.165) is 0 Å². The SMILES string of the molecule is In1c2ccccc2c2cc3c(cc21)C1(c2ccccc2-c2ccccc21)c1ccccc1-3. The largest absolute Gasteiger partial charge is 0.282 e. The summed E-state index contributed by atoms with van der Waals surface area (Å²) >= 11 is 2.46. The Balaban J connectivity index is 1.62. The quantitative estimate of drug-likeness (QED) is 0.173. The fraction of sp³-hybridized carbons (Fsp3) is 0.0323. The predicted octanol–water partition coefficient (Wildman–Crippen LogP) is 8.34. The molecule has 0 atom stereocenters. The highest BCUT2D eigenvalue weighted by Crippen LogP contribution is 2.63. The van der Waals surface area contributed by atoms with Crippen molar-refractivity contribution in [2.45, 2.75) is 5.41 Å². The maximum absolute atomic E-state index is 2.47. The number of hydrogen-bond donors (Lipinski definition) is 0. The highest BCUT2D eigenvalue weighted by molar-refractivity contribution is 14.1. The molecule has 0 radical (unpaired) electrons. The van der Waals surface area contributed by atoms with Gasteiger partial charge in [-0.2, -0.15) is 0 Å². The molecule has 0 N–H and O–H groups in total. The molecule has 2 aliphatic rings. The van der Waals surface area contributed by atoms with Gasteiger partial charge < -0.3 is 0 Å². The molecule has 1 spiro atoms. The van der Waals surface area contributed by atoms with E-state index >= 15 is 0 Å². The summed E-state index contributed by atoms with van der Waals surface area (Å²) in [7, 11) is 0. The van der Waals surface area contributed by atoms with Crippen LogP contribution in [-0.2, 0) is 5.41 Å². The Morgan fingerprint density at radius 1 is 0.455 bits per heavy atom. The number of aromatic nitrogens is 1. The van der Waals surface area contributed by atoms with Gasteiger partial charge in [0, 0.05) is 10.8 Å². The summed E-state index contributed by atoms with van der Waals surface area (Å²) in [6.45, 7) is 0. The molecule has 0 amide bonds. The van der Waals surface area contributed by atoms with Crippen LogP contribution in [0, 0.1) is 0 Å². The van der Waals surface area contributed by atoms with Gasteiger partial charge in [0.2, 0.25) is 0 Å². The first-order chi connectivity index (χ1) is 16.3. The Hall–Kier alpha value is -3.37. The Morgan fingerprint density at radius 3 is 1.61 bits per heavy atom. The van der Waals surface area contributed by atoms with Crippen molar-refractivity contribution in [2.75, 3.05) is 0 Å². The molecule has 0 bridgehead atoms. The van der Waals surface area contributed by atoms with E-state index in [2.05, 4.69) is 135 Å². The fourth-order valence-electron chi connectivity index (χ4n) is 6.51. The number of hydrogen-bond acceptors (Lipinski definition) is 0. The summed E-state index contributed by atoms with van der Waals surface area (Å²) in [5, 5.41) is 2.64. The van der Waals surface area contributed by atoms with Crippen LogP contribution >= 0.6 is 22.9 Å². The zero-order valence-electron chi connectivity index (χ0n) is 17.7. The molecule has 6 aromatic rings. The third-order valence-corrected chi connectivity index (χ3v) is 8.77. The first-order valence-electron chi connectivity index (χ1n) is 11.3. The van der Waals surface area contributed by atoms with Gasteiger partial charge >= 0.3 is 0 Å². The lowest BCUT2D eigenvalue weighted by Gasteiger charge is -2.30. The van der Waals surface area contributed by atoms with Gasteiger partial charge in [-0.15, -0.1) is 0 Å². The van der Waals surface area contributed by atoms with Crippen molar-refractivity contribution in [2.24, 2.45) is 0 Å². The maximum Gasteiger partial charge on any atom is 0.0726 e. The van der Waals surface area contributed by atoms with Crippen molar-refractivity contribution in [3.63, 3.8) is 0 Å². The number of nitrogens with zero attached hydrogens (tertiary/aromatic N) is 1. The first-order valence-corrected chi connectivity index (χ1v) is 12.3. The molecule has 0 aliphatic heterocycles. The summed E-state index contributed by atoms with van der Waals surface area (Å²) in [6, 6.07) is 40.7. The third-order valence-electron chi connectivity index (χ3n) is 7.73. The topological polar surface area (TPSA) is 4.93 Å². The second-order valence-electron chi connectivity index (χ2n) is 9.10. The van der Waals surface area contributed by atoms with E-state index in [1.54, 1.807) is 0 Å². The molecule has 33 heavy (non-hydrogen) atoms. The van der Waals surface area contributed by atoms with Crippen molar-refractivity contribution in [3.05, 3.63) is 131 Å². The predicted molar refractivity (Wildman–Crippen MR) is 145 cm³/mol. The Labute approximate surface area is 205 Å². The molecule has 0 saturated heterocycles. The molecule has 154 valence electrons. The summed E-state index contributed by atoms with van der Waals surface area (Å²) in [4.78, 5) is 0. The van der Waals surface area contributed by atoms with Crippen LogP contribution in [-0.4, -0.2) is 2.78 Å². The van der Waals surface area contributed by atoms with Crippen molar-refractivity contribution < 1.29 is 0 Å². The number of halogens is 1. The summed E-state index contributed by atoms with van der Waals surface area (Å²) in [6.07, 6.45) is 0. The second-order valence-corrected chi connectivity index (χ2v) is 10.1. The van der Waals surface area contributed by atoms with E-state index < -0.39 is 0 Å². The van der Waals surface area contributed by atoms with E-state index in [9.17, 15) is 0 Å². The lowest BCUT2D eigenvalue weighted by molar-refractivity contribution is 0.795. The molecule has 2 heteroatoms. The van der Waals surface area contributed by atoms with Crippen LogP contribution in [0.3, 0.4) is 0 Å². The van der Waals surface area contributed by atoms with Gasteiger partial charge in [0.15, 0.2) is 0 Å². The van der Waals surface area contributed by atoms with Crippen molar-refractivity contribution in [1.82, 2.24) is 2.78 Å². The van der Waals surface area contributed by atoms with Gasteiger partial charge in [-0.25, -0.2) is 0 Å². The zero-order valence-corrected chi connectivity index (χ0v) is 19.9. The van der Waals surface area contributed by atoms with Crippen LogP contribution in [0.2, 0.25) is 0 Å². The summed E-state index contributed by atoms with van der Waals surface area (Å²) < 4.78 is 2.33. The van der Waals surface area contributed by atoms with Crippen molar-refractivity contribution >= 4 is 44.7 Å². The molecule has 0 unspecified atom stereocenters. The summed E-state index contributed by atoms with van der Waals surface area (Å²) in [5.41, 5.74) is 13.3. The van der Waals surface area contributed by atoms with Crippen molar-refractivity contribution in [1.29, 1.82) is 0 Å². The molecular weight excluding hydrogens is 513 g/mol. The normalized spacial score (nSPS) is 14.5. The van der Waals surface area contributed by atoms with E-state index in [4.69, 9.17) is 0 Å². The molecule has 1 aromatic heterocycles. The number of para-hydroxylation sites is 1. The third kappa shape index (κ3) is 2.00. The molecule has 8 rings (SSSR count). The molecule has 2 aliphatic carbocycles. The molecule has 1 heterocycles. The van der Waals surface area contributed by atoms with Gasteiger partial charge in [0.25, 0.3) is 0 Å². The lowest BCUT2D eigenvalue weighted by atomic mass is 9.70. The molecule has 1 nitrogen and oxygen atoms in total. The Morgan fingerprint density at radius 2 is 0.970 bits per heavy atom. The molecule has 0 fully saturated rings. The van der Waals surface area contributed by atoms with E-state index in [1.165, 1.54) is 66.3 Å². The lowest BCUT2D eigenvalue weighted by Crippen LogP contribution is -2.25. The van der Waals surface area contributed by atoms with Gasteiger partial charge in [0.1, 0.15) is 0 Å². The number of fused-ring (bicyclic) bond motifs is 13. The minimum Gasteiger partial charge on any atom is -0.282 e. The molecule has 0 saturated carbocycles. The van der Waals surface area contributed by atoms with Crippen LogP contribution < -0.4 is 0 Å². The Bertz CT molecular complexity index is 1740. The first kappa shape index (κ1) is 18.1. The van der Waals surface area contributed by atoms with Gasteiger partial charge in [-0.1, -0.05) is 91.0 Å². The van der Waals surface area contributed by atoms with E-state index in [1.807, 2.05) is 0 Å². The van der Waals surface area contributed by atoms with Crippen LogP contribution in [0.4, 0.5) is 0 Å². The average Bonchev–Trinajstić information content (AvgIpc) is 3.45. The monoisotopic (exact) mass is 531 g/mol. The van der Waals surface area contributed by atoms with Gasteiger partial charge in [-0.05, 0) is 62.7 Å². The molecular formula is C31H18IN. The van der Waals surface area contributed by atoms with Crippen LogP contribution in [0.5, 0.6) is 0 Å². The minimum atomic E-state index is -0.277. The molecule has 5 aromatic carbocycles. The van der Waals surface area contributed by atoms with Crippen LogP contribution in [0.15, 0.2) is 109 Å². The van der Waals surface area contributed by atoms with Crippen molar-refractivity contribution in [3.8, 4) is 22.3 Å².